The van der Waals surface area contributed by atoms with Crippen molar-refractivity contribution in [1.82, 2.24) is 10.4 Å². The molecule has 0 aromatic rings. The Morgan fingerprint density at radius 3 is 2.68 bits per heavy atom. The van der Waals surface area contributed by atoms with Gasteiger partial charge in [-0.05, 0) is 19.3 Å². The molecular formula is C11H17F3N2O3. The third-order valence-electron chi connectivity index (χ3n) is 2.77. The van der Waals surface area contributed by atoms with Gasteiger partial charge in [0.2, 0.25) is 5.91 Å². The van der Waals surface area contributed by atoms with Crippen LogP contribution in [0.1, 0.15) is 32.6 Å². The SMILES string of the molecule is CCCCNC(=O)[C@@H]1CCCN1OC(=O)C(F)(F)F. The molecule has 1 fully saturated rings. The summed E-state index contributed by atoms with van der Waals surface area (Å²) in [5.74, 6) is -2.69. The van der Waals surface area contributed by atoms with E-state index in [2.05, 4.69) is 10.2 Å². The zero-order valence-electron chi connectivity index (χ0n) is 10.6. The summed E-state index contributed by atoms with van der Waals surface area (Å²) in [6.45, 7) is 2.56. The number of hydroxylamine groups is 2. The molecule has 0 bridgehead atoms. The van der Waals surface area contributed by atoms with Gasteiger partial charge in [0.15, 0.2) is 0 Å². The van der Waals surface area contributed by atoms with Gasteiger partial charge < -0.3 is 10.2 Å². The Morgan fingerprint density at radius 1 is 1.42 bits per heavy atom. The molecule has 1 rings (SSSR count). The minimum atomic E-state index is -5.05. The van der Waals surface area contributed by atoms with Crippen LogP contribution in [0.4, 0.5) is 13.2 Å². The van der Waals surface area contributed by atoms with Gasteiger partial charge in [-0.2, -0.15) is 13.2 Å². The van der Waals surface area contributed by atoms with Gasteiger partial charge in [-0.3, -0.25) is 4.79 Å². The van der Waals surface area contributed by atoms with Crippen molar-refractivity contribution in [2.45, 2.75) is 44.8 Å². The molecule has 1 amide bonds. The van der Waals surface area contributed by atoms with Crippen LogP contribution < -0.4 is 5.32 Å². The number of hydrogen-bond donors (Lipinski definition) is 1. The Hall–Kier alpha value is -1.31. The summed E-state index contributed by atoms with van der Waals surface area (Å²) in [6.07, 6.45) is -2.47. The normalized spacial score (nSPS) is 20.3. The first-order valence-corrected chi connectivity index (χ1v) is 6.19. The number of unbranched alkanes of at least 4 members (excludes halogenated alkanes) is 1. The average Bonchev–Trinajstić information content (AvgIpc) is 2.76. The lowest BCUT2D eigenvalue weighted by Crippen LogP contribution is -2.46. The fourth-order valence-corrected chi connectivity index (χ4v) is 1.78. The highest BCUT2D eigenvalue weighted by atomic mass is 19.4. The lowest BCUT2D eigenvalue weighted by atomic mass is 10.2. The van der Waals surface area contributed by atoms with Crippen molar-refractivity contribution in [3.8, 4) is 0 Å². The highest BCUT2D eigenvalue weighted by molar-refractivity contribution is 5.82. The van der Waals surface area contributed by atoms with Crippen molar-refractivity contribution in [1.29, 1.82) is 0 Å². The number of nitrogens with one attached hydrogen (secondary N) is 1. The summed E-state index contributed by atoms with van der Waals surface area (Å²) >= 11 is 0. The molecule has 0 saturated carbocycles. The van der Waals surface area contributed by atoms with Gasteiger partial charge in [-0.15, -0.1) is 5.06 Å². The van der Waals surface area contributed by atoms with E-state index in [1.807, 2.05) is 6.92 Å². The van der Waals surface area contributed by atoms with Crippen molar-refractivity contribution in [3.63, 3.8) is 0 Å². The number of rotatable bonds is 5. The van der Waals surface area contributed by atoms with E-state index in [9.17, 15) is 22.8 Å². The van der Waals surface area contributed by atoms with Crippen LogP contribution >= 0.6 is 0 Å². The van der Waals surface area contributed by atoms with Crippen molar-refractivity contribution in [2.75, 3.05) is 13.1 Å². The van der Waals surface area contributed by atoms with E-state index in [1.54, 1.807) is 0 Å². The van der Waals surface area contributed by atoms with Gasteiger partial charge in [0, 0.05) is 13.1 Å². The molecule has 0 unspecified atom stereocenters. The molecule has 1 heterocycles. The van der Waals surface area contributed by atoms with Crippen LogP contribution in [-0.2, 0) is 14.4 Å². The molecule has 1 aliphatic rings. The summed E-state index contributed by atoms with van der Waals surface area (Å²) in [4.78, 5) is 26.7. The van der Waals surface area contributed by atoms with Crippen LogP contribution in [0.3, 0.4) is 0 Å². The first kappa shape index (κ1) is 15.7. The molecule has 0 aliphatic carbocycles. The third-order valence-corrected chi connectivity index (χ3v) is 2.77. The second-order valence-electron chi connectivity index (χ2n) is 4.32. The largest absolute Gasteiger partial charge is 0.492 e. The zero-order valence-corrected chi connectivity index (χ0v) is 10.6. The smallest absolute Gasteiger partial charge is 0.360 e. The van der Waals surface area contributed by atoms with Crippen LogP contribution in [0.5, 0.6) is 0 Å². The van der Waals surface area contributed by atoms with Crippen LogP contribution in [0, 0.1) is 0 Å². The van der Waals surface area contributed by atoms with Crippen LogP contribution in [-0.4, -0.2) is 42.2 Å². The predicted octanol–water partition coefficient (Wildman–Crippen LogP) is 1.39. The summed E-state index contributed by atoms with van der Waals surface area (Å²) in [5, 5.41) is 3.43. The fourth-order valence-electron chi connectivity index (χ4n) is 1.78. The second-order valence-corrected chi connectivity index (χ2v) is 4.32. The van der Waals surface area contributed by atoms with E-state index >= 15 is 0 Å². The average molecular weight is 282 g/mol. The molecule has 1 aliphatic heterocycles. The molecule has 1 atom stereocenters. The number of carbonyl (C=O) groups excluding carboxylic acids is 2. The molecule has 0 radical (unpaired) electrons. The van der Waals surface area contributed by atoms with Gasteiger partial charge >= 0.3 is 12.1 Å². The lowest BCUT2D eigenvalue weighted by molar-refractivity contribution is -0.240. The third kappa shape index (κ3) is 4.70. The number of hydrogen-bond acceptors (Lipinski definition) is 4. The van der Waals surface area contributed by atoms with Crippen LogP contribution in [0.2, 0.25) is 0 Å². The van der Waals surface area contributed by atoms with Gasteiger partial charge in [0.05, 0.1) is 0 Å². The Kier molecular flexibility index (Phi) is 5.59. The summed E-state index contributed by atoms with van der Waals surface area (Å²) in [5.41, 5.74) is 0. The van der Waals surface area contributed by atoms with Crippen molar-refractivity contribution in [2.24, 2.45) is 0 Å². The van der Waals surface area contributed by atoms with E-state index in [4.69, 9.17) is 0 Å². The molecule has 1 N–H and O–H groups in total. The Morgan fingerprint density at radius 2 is 2.11 bits per heavy atom. The van der Waals surface area contributed by atoms with Crippen LogP contribution in [0.15, 0.2) is 0 Å². The Balaban J connectivity index is 2.49. The van der Waals surface area contributed by atoms with Crippen molar-refractivity contribution >= 4 is 11.9 Å². The Bertz CT molecular complexity index is 334. The van der Waals surface area contributed by atoms with Crippen molar-refractivity contribution < 1.29 is 27.6 Å². The molecule has 0 aromatic heterocycles. The van der Waals surface area contributed by atoms with Gasteiger partial charge in [0.1, 0.15) is 6.04 Å². The van der Waals surface area contributed by atoms with E-state index in [0.29, 0.717) is 19.4 Å². The number of halogens is 3. The minimum Gasteiger partial charge on any atom is -0.360 e. The monoisotopic (exact) mass is 282 g/mol. The maximum absolute atomic E-state index is 12.1. The van der Waals surface area contributed by atoms with Gasteiger partial charge in [0.25, 0.3) is 0 Å². The fraction of sp³-hybridized carbons (Fsp3) is 0.818. The molecule has 1 saturated heterocycles. The topological polar surface area (TPSA) is 58.6 Å². The Labute approximate surface area is 109 Å². The summed E-state index contributed by atoms with van der Waals surface area (Å²) in [6, 6.07) is -0.830. The van der Waals surface area contributed by atoms with E-state index in [1.165, 1.54) is 0 Å². The quantitative estimate of drug-likeness (QED) is 0.774. The molecule has 5 nitrogen and oxygen atoms in total. The predicted molar refractivity (Wildman–Crippen MR) is 59.8 cm³/mol. The first-order valence-electron chi connectivity index (χ1n) is 6.19. The summed E-state index contributed by atoms with van der Waals surface area (Å²) in [7, 11) is 0. The first-order chi connectivity index (χ1) is 8.86. The molecule has 110 valence electrons. The van der Waals surface area contributed by atoms with Crippen molar-refractivity contribution in [3.05, 3.63) is 0 Å². The number of nitrogens with zero attached hydrogens (tertiary/aromatic N) is 1. The number of amides is 1. The molecule has 0 aromatic carbocycles. The van der Waals surface area contributed by atoms with Gasteiger partial charge in [-0.1, -0.05) is 13.3 Å². The van der Waals surface area contributed by atoms with Gasteiger partial charge in [-0.25, -0.2) is 4.79 Å². The number of alkyl halides is 3. The lowest BCUT2D eigenvalue weighted by Gasteiger charge is -2.22. The maximum atomic E-state index is 12.1. The highest BCUT2D eigenvalue weighted by Gasteiger charge is 2.45. The van der Waals surface area contributed by atoms with E-state index < -0.39 is 24.1 Å². The molecule has 8 heteroatoms. The van der Waals surface area contributed by atoms with Crippen LogP contribution in [0.25, 0.3) is 0 Å². The van der Waals surface area contributed by atoms with E-state index in [-0.39, 0.29) is 6.54 Å². The minimum absolute atomic E-state index is 0.133. The second kappa shape index (κ2) is 6.74. The summed E-state index contributed by atoms with van der Waals surface area (Å²) < 4.78 is 36.2. The zero-order chi connectivity index (χ0) is 14.5. The molecular weight excluding hydrogens is 265 g/mol. The van der Waals surface area contributed by atoms with E-state index in [0.717, 1.165) is 17.9 Å². The standard InChI is InChI=1S/C11H17F3N2O3/c1-2-3-6-15-9(17)8-5-4-7-16(8)19-10(18)11(12,13)14/h8H,2-7H2,1H3,(H,15,17)/t8-/m0/s1. The highest BCUT2D eigenvalue weighted by Crippen LogP contribution is 2.22. The maximum Gasteiger partial charge on any atom is 0.492 e. The molecule has 0 spiro atoms. The number of carbonyl (C=O) groups is 2. The molecule has 19 heavy (non-hydrogen) atoms.